The van der Waals surface area contributed by atoms with Crippen molar-refractivity contribution < 1.29 is 4.39 Å². The van der Waals surface area contributed by atoms with Crippen LogP contribution in [0, 0.1) is 41.3 Å². The highest BCUT2D eigenvalue weighted by molar-refractivity contribution is 5.92. The number of aromatic nitrogens is 2. The number of benzene rings is 1. The molecule has 0 spiro atoms. The molecular formula is C30H33FN6O. The van der Waals surface area contributed by atoms with Crippen molar-refractivity contribution in [1.82, 2.24) is 9.55 Å². The lowest BCUT2D eigenvalue weighted by molar-refractivity contribution is 0.290. The number of nitrogens with zero attached hydrogens (tertiary/aromatic N) is 6. The van der Waals surface area contributed by atoms with Crippen molar-refractivity contribution in [3.63, 3.8) is 0 Å². The molecule has 2 aromatic heterocycles. The van der Waals surface area contributed by atoms with E-state index in [0.717, 1.165) is 43.5 Å². The van der Waals surface area contributed by atoms with Gasteiger partial charge in [-0.05, 0) is 87.3 Å². The lowest BCUT2D eigenvalue weighted by atomic mass is 9.83. The van der Waals surface area contributed by atoms with E-state index in [4.69, 9.17) is 0 Å². The highest BCUT2D eigenvalue weighted by atomic mass is 19.1. The number of halogens is 1. The van der Waals surface area contributed by atoms with Gasteiger partial charge in [0.05, 0.1) is 11.2 Å². The van der Waals surface area contributed by atoms with Gasteiger partial charge in [-0.2, -0.15) is 10.5 Å². The molecule has 0 radical (unpaired) electrons. The molecule has 0 atom stereocenters. The first-order valence-electron chi connectivity index (χ1n) is 13.4. The fourth-order valence-electron chi connectivity index (χ4n) is 6.14. The maximum absolute atomic E-state index is 14.3. The van der Waals surface area contributed by atoms with Crippen LogP contribution in [0.15, 0.2) is 35.1 Å². The second-order valence-electron chi connectivity index (χ2n) is 10.9. The molecule has 2 saturated carbocycles. The van der Waals surface area contributed by atoms with Crippen LogP contribution in [0.3, 0.4) is 0 Å². The van der Waals surface area contributed by atoms with E-state index < -0.39 is 0 Å². The van der Waals surface area contributed by atoms with Crippen LogP contribution in [0.4, 0.5) is 15.8 Å². The van der Waals surface area contributed by atoms with Crippen molar-refractivity contribution >= 4 is 22.4 Å². The van der Waals surface area contributed by atoms with Crippen LogP contribution < -0.4 is 15.4 Å². The molecular weight excluding hydrogens is 479 g/mol. The van der Waals surface area contributed by atoms with Gasteiger partial charge in [-0.15, -0.1) is 0 Å². The lowest BCUT2D eigenvalue weighted by Crippen LogP contribution is -2.46. The largest absolute Gasteiger partial charge is 0.369 e. The fraction of sp³-hybridized carbons (Fsp3) is 0.467. The van der Waals surface area contributed by atoms with Gasteiger partial charge in [0.25, 0.3) is 5.56 Å². The number of hydrogen-bond donors (Lipinski definition) is 0. The van der Waals surface area contributed by atoms with Crippen molar-refractivity contribution in [1.29, 1.82) is 10.5 Å². The van der Waals surface area contributed by atoms with Crippen molar-refractivity contribution in [2.24, 2.45) is 13.0 Å². The standard InChI is InChI=1S/C30H33FN6O/c1-19-13-21(31)15-25(14-19)37(18-20-5-4-6-20)24-10-8-23(9-11-24)35(2)29-26(17-33)30(38)36(3)27-12-7-22(16-32)34-28(27)29/h7,12-15,20,23-24H,4-6,8-11,18H2,1-3H3/t23-,24+. The van der Waals surface area contributed by atoms with Crippen LogP contribution in [0.1, 0.15) is 61.8 Å². The maximum Gasteiger partial charge on any atom is 0.270 e. The van der Waals surface area contributed by atoms with E-state index in [1.807, 2.05) is 18.9 Å². The summed E-state index contributed by atoms with van der Waals surface area (Å²) in [5, 5.41) is 19.4. The Morgan fingerprint density at radius 3 is 2.37 bits per heavy atom. The van der Waals surface area contributed by atoms with Gasteiger partial charge < -0.3 is 14.4 Å². The Kier molecular flexibility index (Phi) is 7.08. The maximum atomic E-state index is 14.3. The Hall–Kier alpha value is -3.91. The molecule has 0 unspecified atom stereocenters. The Balaban J connectivity index is 1.43. The first-order chi connectivity index (χ1) is 18.3. The monoisotopic (exact) mass is 512 g/mol. The second-order valence-corrected chi connectivity index (χ2v) is 10.9. The molecule has 196 valence electrons. The van der Waals surface area contributed by atoms with Gasteiger partial charge in [-0.3, -0.25) is 4.79 Å². The molecule has 0 bridgehead atoms. The summed E-state index contributed by atoms with van der Waals surface area (Å²) >= 11 is 0. The number of rotatable bonds is 6. The molecule has 5 rings (SSSR count). The predicted octanol–water partition coefficient (Wildman–Crippen LogP) is 5.18. The topological polar surface area (TPSA) is 89.0 Å². The van der Waals surface area contributed by atoms with Gasteiger partial charge in [0.2, 0.25) is 0 Å². The summed E-state index contributed by atoms with van der Waals surface area (Å²) in [6.45, 7) is 2.89. The van der Waals surface area contributed by atoms with Gasteiger partial charge in [0.1, 0.15) is 34.7 Å². The number of aryl methyl sites for hydroxylation is 2. The first-order valence-corrected chi connectivity index (χ1v) is 13.4. The molecule has 0 aliphatic heterocycles. The molecule has 0 saturated heterocycles. The van der Waals surface area contributed by atoms with Crippen molar-refractivity contribution in [3.8, 4) is 12.1 Å². The summed E-state index contributed by atoms with van der Waals surface area (Å²) in [5.41, 5.74) is 3.41. The van der Waals surface area contributed by atoms with Gasteiger partial charge in [0, 0.05) is 38.4 Å². The van der Waals surface area contributed by atoms with Gasteiger partial charge >= 0.3 is 0 Å². The zero-order valence-corrected chi connectivity index (χ0v) is 22.2. The van der Waals surface area contributed by atoms with Gasteiger partial charge in [0.15, 0.2) is 0 Å². The normalized spacial score (nSPS) is 19.4. The quantitative estimate of drug-likeness (QED) is 0.452. The number of hydrogen-bond acceptors (Lipinski definition) is 6. The molecule has 8 heteroatoms. The van der Waals surface area contributed by atoms with Crippen LogP contribution in [0.2, 0.25) is 0 Å². The van der Waals surface area contributed by atoms with Crippen molar-refractivity contribution in [2.45, 2.75) is 64.0 Å². The van der Waals surface area contributed by atoms with Crippen molar-refractivity contribution in [2.75, 3.05) is 23.4 Å². The molecule has 2 aliphatic carbocycles. The van der Waals surface area contributed by atoms with E-state index in [-0.39, 0.29) is 28.7 Å². The van der Waals surface area contributed by atoms with E-state index in [1.54, 1.807) is 31.3 Å². The summed E-state index contributed by atoms with van der Waals surface area (Å²) in [6, 6.07) is 13.2. The SMILES string of the molecule is Cc1cc(F)cc(N(CC2CCC2)[C@H]2CC[C@@H](N(C)c3c(C#N)c(=O)n(C)c4ccc(C#N)nc34)CC2)c1. The number of nitriles is 2. The van der Waals surface area contributed by atoms with Crippen LogP contribution in [-0.2, 0) is 7.05 Å². The summed E-state index contributed by atoms with van der Waals surface area (Å²) < 4.78 is 15.8. The van der Waals surface area contributed by atoms with Crippen molar-refractivity contribution in [3.05, 3.63) is 63.3 Å². The lowest BCUT2D eigenvalue weighted by Gasteiger charge is -2.44. The third-order valence-corrected chi connectivity index (χ3v) is 8.49. The Morgan fingerprint density at radius 1 is 1.05 bits per heavy atom. The third-order valence-electron chi connectivity index (χ3n) is 8.49. The van der Waals surface area contributed by atoms with E-state index in [1.165, 1.54) is 23.8 Å². The van der Waals surface area contributed by atoms with Gasteiger partial charge in [-0.1, -0.05) is 6.42 Å². The Morgan fingerprint density at radius 2 is 1.76 bits per heavy atom. The van der Waals surface area contributed by atoms with Crippen LogP contribution in [-0.4, -0.2) is 35.2 Å². The third kappa shape index (κ3) is 4.72. The van der Waals surface area contributed by atoms with E-state index in [9.17, 15) is 19.7 Å². The molecule has 38 heavy (non-hydrogen) atoms. The predicted molar refractivity (Wildman–Crippen MR) is 147 cm³/mol. The molecule has 7 nitrogen and oxygen atoms in total. The molecule has 3 aromatic rings. The highest BCUT2D eigenvalue weighted by Gasteiger charge is 2.33. The molecule has 2 aliphatic rings. The zero-order valence-electron chi connectivity index (χ0n) is 22.2. The minimum Gasteiger partial charge on any atom is -0.369 e. The Labute approximate surface area is 222 Å². The average molecular weight is 513 g/mol. The summed E-state index contributed by atoms with van der Waals surface area (Å²) in [6.07, 6.45) is 7.33. The molecule has 0 N–H and O–H groups in total. The number of anilines is 2. The number of fused-ring (bicyclic) bond motifs is 1. The van der Waals surface area contributed by atoms with Crippen LogP contribution >= 0.6 is 0 Å². The minimum absolute atomic E-state index is 0.0501. The number of pyridine rings is 2. The summed E-state index contributed by atoms with van der Waals surface area (Å²) in [7, 11) is 3.54. The van der Waals surface area contributed by atoms with Crippen LogP contribution in [0.5, 0.6) is 0 Å². The van der Waals surface area contributed by atoms with Gasteiger partial charge in [-0.25, -0.2) is 9.37 Å². The average Bonchev–Trinajstić information content (AvgIpc) is 2.89. The molecule has 0 amide bonds. The second kappa shape index (κ2) is 10.5. The zero-order chi connectivity index (χ0) is 27.0. The molecule has 2 heterocycles. The minimum atomic E-state index is -0.366. The van der Waals surface area contributed by atoms with E-state index in [2.05, 4.69) is 28.1 Å². The van der Waals surface area contributed by atoms with Crippen LogP contribution in [0.25, 0.3) is 11.0 Å². The summed E-state index contributed by atoms with van der Waals surface area (Å²) in [5.74, 6) is 0.460. The first kappa shape index (κ1) is 25.7. The fourth-order valence-corrected chi connectivity index (χ4v) is 6.14. The summed E-state index contributed by atoms with van der Waals surface area (Å²) in [4.78, 5) is 22.0. The highest BCUT2D eigenvalue weighted by Crippen LogP contribution is 2.37. The van der Waals surface area contributed by atoms with E-state index in [0.29, 0.717) is 28.7 Å². The van der Waals surface area contributed by atoms with E-state index >= 15 is 0 Å². The molecule has 2 fully saturated rings. The Bertz CT molecular complexity index is 1480. The smallest absolute Gasteiger partial charge is 0.270 e. The molecule has 1 aromatic carbocycles.